The molecule has 1 saturated heterocycles. The first-order valence-electron chi connectivity index (χ1n) is 7.89. The minimum atomic E-state index is 0.605. The second-order valence-electron chi connectivity index (χ2n) is 5.91. The van der Waals surface area contributed by atoms with E-state index in [-0.39, 0.29) is 0 Å². The summed E-state index contributed by atoms with van der Waals surface area (Å²) in [4.78, 5) is 2.57. The van der Waals surface area contributed by atoms with Crippen LogP contribution < -0.4 is 5.32 Å². The van der Waals surface area contributed by atoms with Gasteiger partial charge >= 0.3 is 0 Å². The van der Waals surface area contributed by atoms with Crippen LogP contribution in [0.3, 0.4) is 0 Å². The van der Waals surface area contributed by atoms with Gasteiger partial charge in [0.25, 0.3) is 0 Å². The smallest absolute Gasteiger partial charge is 0.0587 e. The Hall–Kier alpha value is -0.610. The third-order valence-electron chi connectivity index (χ3n) is 4.19. The highest BCUT2D eigenvalue weighted by molar-refractivity contribution is 6.31. The van der Waals surface area contributed by atoms with Crippen LogP contribution in [0, 0.1) is 6.92 Å². The molecule has 0 radical (unpaired) electrons. The second-order valence-corrected chi connectivity index (χ2v) is 6.32. The molecule has 0 spiro atoms. The Bertz CT molecular complexity index is 439. The summed E-state index contributed by atoms with van der Waals surface area (Å²) < 4.78 is 5.09. The fourth-order valence-electron chi connectivity index (χ4n) is 2.94. The summed E-state index contributed by atoms with van der Waals surface area (Å²) in [5, 5.41) is 4.39. The average molecular weight is 311 g/mol. The maximum absolute atomic E-state index is 6.38. The van der Waals surface area contributed by atoms with Crippen molar-refractivity contribution in [3.63, 3.8) is 0 Å². The first-order chi connectivity index (χ1) is 10.2. The molecule has 1 aliphatic rings. The van der Waals surface area contributed by atoms with Crippen LogP contribution in [0.25, 0.3) is 0 Å². The molecule has 0 saturated carbocycles. The number of methoxy groups -OCH3 is 1. The van der Waals surface area contributed by atoms with E-state index in [9.17, 15) is 0 Å². The molecule has 3 nitrogen and oxygen atoms in total. The van der Waals surface area contributed by atoms with E-state index in [0.717, 1.165) is 31.3 Å². The van der Waals surface area contributed by atoms with Crippen LogP contribution in [0.15, 0.2) is 18.2 Å². The summed E-state index contributed by atoms with van der Waals surface area (Å²) in [6, 6.07) is 6.98. The number of ether oxygens (including phenoxy) is 1. The van der Waals surface area contributed by atoms with Crippen molar-refractivity contribution in [1.29, 1.82) is 0 Å². The molecule has 21 heavy (non-hydrogen) atoms. The monoisotopic (exact) mass is 310 g/mol. The predicted octanol–water partition coefficient (Wildman–Crippen LogP) is 3.24. The Kier molecular flexibility index (Phi) is 6.97. The number of nitrogens with zero attached hydrogens (tertiary/aromatic N) is 1. The fourth-order valence-corrected chi connectivity index (χ4v) is 3.24. The van der Waals surface area contributed by atoms with Crippen LogP contribution in [0.1, 0.15) is 30.4 Å². The number of hydrogen-bond donors (Lipinski definition) is 1. The number of likely N-dealkylation sites (tertiary alicyclic amines) is 1. The highest BCUT2D eigenvalue weighted by atomic mass is 35.5. The average Bonchev–Trinajstić information content (AvgIpc) is 2.48. The quantitative estimate of drug-likeness (QED) is 0.783. The van der Waals surface area contributed by atoms with E-state index >= 15 is 0 Å². The second kappa shape index (κ2) is 8.74. The van der Waals surface area contributed by atoms with Gasteiger partial charge in [0.05, 0.1) is 6.61 Å². The molecule has 1 aromatic carbocycles. The molecule has 2 rings (SSSR count). The molecule has 1 aromatic rings. The SMILES string of the molecule is COCCNCC1CCCCN1Cc1ccc(C)cc1Cl. The zero-order valence-corrected chi connectivity index (χ0v) is 14.0. The summed E-state index contributed by atoms with van der Waals surface area (Å²) in [5.41, 5.74) is 2.46. The maximum Gasteiger partial charge on any atom is 0.0587 e. The van der Waals surface area contributed by atoms with Crippen molar-refractivity contribution < 1.29 is 4.74 Å². The van der Waals surface area contributed by atoms with E-state index in [2.05, 4.69) is 35.3 Å². The first kappa shape index (κ1) is 16.8. The summed E-state index contributed by atoms with van der Waals surface area (Å²) in [6.45, 7) is 6.94. The summed E-state index contributed by atoms with van der Waals surface area (Å²) in [6.07, 6.45) is 3.89. The highest BCUT2D eigenvalue weighted by Gasteiger charge is 2.22. The van der Waals surface area contributed by atoms with Gasteiger partial charge in [0.15, 0.2) is 0 Å². The first-order valence-corrected chi connectivity index (χ1v) is 8.27. The number of nitrogens with one attached hydrogen (secondary N) is 1. The van der Waals surface area contributed by atoms with Gasteiger partial charge in [0.1, 0.15) is 0 Å². The molecule has 1 unspecified atom stereocenters. The molecule has 0 bridgehead atoms. The predicted molar refractivity (Wildman–Crippen MR) is 89.0 cm³/mol. The van der Waals surface area contributed by atoms with Crippen molar-refractivity contribution in [2.75, 3.05) is 33.4 Å². The van der Waals surface area contributed by atoms with Gasteiger partial charge in [-0.3, -0.25) is 4.90 Å². The van der Waals surface area contributed by atoms with Crippen LogP contribution in [0.2, 0.25) is 5.02 Å². The number of aryl methyl sites for hydroxylation is 1. The third-order valence-corrected chi connectivity index (χ3v) is 4.55. The molecule has 1 N–H and O–H groups in total. The Morgan fingerprint density at radius 3 is 3.00 bits per heavy atom. The minimum Gasteiger partial charge on any atom is -0.383 e. The normalized spacial score (nSPS) is 19.9. The van der Waals surface area contributed by atoms with Gasteiger partial charge in [0.2, 0.25) is 0 Å². The van der Waals surface area contributed by atoms with E-state index in [1.807, 2.05) is 0 Å². The molecule has 1 heterocycles. The molecule has 1 fully saturated rings. The van der Waals surface area contributed by atoms with Crippen molar-refractivity contribution in [3.05, 3.63) is 34.3 Å². The molecule has 4 heteroatoms. The van der Waals surface area contributed by atoms with E-state index < -0.39 is 0 Å². The largest absolute Gasteiger partial charge is 0.383 e. The maximum atomic E-state index is 6.38. The standard InChI is InChI=1S/C17H27ClN2O/c1-14-6-7-15(17(18)11-14)13-20-9-4-3-5-16(20)12-19-8-10-21-2/h6-7,11,16,19H,3-5,8-10,12-13H2,1-2H3. The molecule has 0 aliphatic carbocycles. The van der Waals surface area contributed by atoms with Crippen LogP contribution in [0.4, 0.5) is 0 Å². The lowest BCUT2D eigenvalue weighted by Crippen LogP contribution is -2.45. The van der Waals surface area contributed by atoms with Crippen molar-refractivity contribution in [2.24, 2.45) is 0 Å². The number of benzene rings is 1. The zero-order chi connectivity index (χ0) is 15.1. The molecular formula is C17H27ClN2O. The Labute approximate surface area is 133 Å². The van der Waals surface area contributed by atoms with Gasteiger partial charge in [-0.1, -0.05) is 30.2 Å². The lowest BCUT2D eigenvalue weighted by atomic mass is 10.0. The van der Waals surface area contributed by atoms with Gasteiger partial charge in [-0.05, 0) is 43.5 Å². The minimum absolute atomic E-state index is 0.605. The molecule has 1 aliphatic heterocycles. The van der Waals surface area contributed by atoms with Gasteiger partial charge in [-0.25, -0.2) is 0 Å². The van der Waals surface area contributed by atoms with Gasteiger partial charge in [0, 0.05) is 37.8 Å². The molecule has 1 atom stereocenters. The summed E-state index contributed by atoms with van der Waals surface area (Å²) in [5.74, 6) is 0. The Morgan fingerprint density at radius 1 is 1.38 bits per heavy atom. The van der Waals surface area contributed by atoms with Crippen molar-refractivity contribution in [2.45, 2.75) is 38.8 Å². The van der Waals surface area contributed by atoms with Crippen molar-refractivity contribution >= 4 is 11.6 Å². The van der Waals surface area contributed by atoms with Crippen LogP contribution in [-0.4, -0.2) is 44.3 Å². The highest BCUT2D eigenvalue weighted by Crippen LogP contribution is 2.24. The van der Waals surface area contributed by atoms with Gasteiger partial charge < -0.3 is 10.1 Å². The van der Waals surface area contributed by atoms with E-state index in [1.54, 1.807) is 7.11 Å². The number of rotatable bonds is 7. The molecular weight excluding hydrogens is 284 g/mol. The molecule has 0 aromatic heterocycles. The summed E-state index contributed by atoms with van der Waals surface area (Å²) >= 11 is 6.38. The Balaban J connectivity index is 1.91. The van der Waals surface area contributed by atoms with Gasteiger partial charge in [-0.2, -0.15) is 0 Å². The Morgan fingerprint density at radius 2 is 2.24 bits per heavy atom. The number of hydrogen-bond acceptors (Lipinski definition) is 3. The lowest BCUT2D eigenvalue weighted by molar-refractivity contribution is 0.133. The van der Waals surface area contributed by atoms with Crippen LogP contribution >= 0.6 is 11.6 Å². The summed E-state index contributed by atoms with van der Waals surface area (Å²) in [7, 11) is 1.74. The van der Waals surface area contributed by atoms with E-state index in [4.69, 9.17) is 16.3 Å². The topological polar surface area (TPSA) is 24.5 Å². The molecule has 0 amide bonds. The van der Waals surface area contributed by atoms with Crippen LogP contribution in [-0.2, 0) is 11.3 Å². The zero-order valence-electron chi connectivity index (χ0n) is 13.2. The molecule has 118 valence electrons. The fraction of sp³-hybridized carbons (Fsp3) is 0.647. The van der Waals surface area contributed by atoms with E-state index in [0.29, 0.717) is 6.04 Å². The van der Waals surface area contributed by atoms with Crippen molar-refractivity contribution in [1.82, 2.24) is 10.2 Å². The lowest BCUT2D eigenvalue weighted by Gasteiger charge is -2.36. The number of halogens is 1. The van der Waals surface area contributed by atoms with E-state index in [1.165, 1.54) is 36.9 Å². The van der Waals surface area contributed by atoms with Crippen molar-refractivity contribution in [3.8, 4) is 0 Å². The third kappa shape index (κ3) is 5.26. The van der Waals surface area contributed by atoms with Gasteiger partial charge in [-0.15, -0.1) is 0 Å². The number of piperidine rings is 1. The van der Waals surface area contributed by atoms with Crippen LogP contribution in [0.5, 0.6) is 0 Å².